The van der Waals surface area contributed by atoms with E-state index in [0.29, 0.717) is 6.54 Å². The summed E-state index contributed by atoms with van der Waals surface area (Å²) in [6, 6.07) is 2.23. The van der Waals surface area contributed by atoms with Crippen molar-refractivity contribution in [3.05, 3.63) is 29.3 Å². The van der Waals surface area contributed by atoms with Crippen LogP contribution in [-0.2, 0) is 4.79 Å². The average molecular weight is 288 g/mol. The molecular weight excluding hydrogens is 268 g/mol. The van der Waals surface area contributed by atoms with Crippen molar-refractivity contribution in [1.29, 1.82) is 0 Å². The van der Waals surface area contributed by atoms with E-state index in [1.807, 2.05) is 19.9 Å². The minimum absolute atomic E-state index is 0.00554. The SMILES string of the molecule is Cc1n[nH]c(C)c1NC(=O)CN1CCCC1c1ccn[nH]1. The first-order valence-corrected chi connectivity index (χ1v) is 7.20. The van der Waals surface area contributed by atoms with Gasteiger partial charge in [0.25, 0.3) is 0 Å². The number of aryl methyl sites for hydroxylation is 2. The molecule has 0 radical (unpaired) electrons. The summed E-state index contributed by atoms with van der Waals surface area (Å²) in [5.41, 5.74) is 3.56. The summed E-state index contributed by atoms with van der Waals surface area (Å²) in [4.78, 5) is 14.5. The number of carbonyl (C=O) groups excluding carboxylic acids is 1. The highest BCUT2D eigenvalue weighted by Gasteiger charge is 2.28. The summed E-state index contributed by atoms with van der Waals surface area (Å²) in [6.45, 7) is 5.09. The lowest BCUT2D eigenvalue weighted by Crippen LogP contribution is -2.33. The highest BCUT2D eigenvalue weighted by Crippen LogP contribution is 2.30. The van der Waals surface area contributed by atoms with E-state index < -0.39 is 0 Å². The van der Waals surface area contributed by atoms with Crippen molar-refractivity contribution < 1.29 is 4.79 Å². The van der Waals surface area contributed by atoms with Crippen molar-refractivity contribution in [2.24, 2.45) is 0 Å². The third-order valence-corrected chi connectivity index (χ3v) is 3.98. The van der Waals surface area contributed by atoms with Crippen LogP contribution in [0.3, 0.4) is 0 Å². The van der Waals surface area contributed by atoms with Crippen LogP contribution >= 0.6 is 0 Å². The highest BCUT2D eigenvalue weighted by molar-refractivity contribution is 5.93. The van der Waals surface area contributed by atoms with Gasteiger partial charge in [-0.15, -0.1) is 0 Å². The number of carbonyl (C=O) groups is 1. The Labute approximate surface area is 123 Å². The van der Waals surface area contributed by atoms with E-state index in [4.69, 9.17) is 0 Å². The number of hydrogen-bond donors (Lipinski definition) is 3. The van der Waals surface area contributed by atoms with E-state index in [0.717, 1.165) is 42.2 Å². The molecule has 1 fully saturated rings. The molecule has 0 aromatic carbocycles. The Morgan fingerprint density at radius 3 is 3.00 bits per heavy atom. The highest BCUT2D eigenvalue weighted by atomic mass is 16.2. The molecule has 1 unspecified atom stereocenters. The predicted octanol–water partition coefficient (Wildman–Crippen LogP) is 1.53. The second-order valence-corrected chi connectivity index (χ2v) is 5.50. The van der Waals surface area contributed by atoms with E-state index >= 15 is 0 Å². The van der Waals surface area contributed by atoms with Crippen LogP contribution in [0, 0.1) is 13.8 Å². The first-order valence-electron chi connectivity index (χ1n) is 7.20. The first kappa shape index (κ1) is 13.8. The van der Waals surface area contributed by atoms with Crippen molar-refractivity contribution in [1.82, 2.24) is 25.3 Å². The quantitative estimate of drug-likeness (QED) is 0.796. The molecule has 21 heavy (non-hydrogen) atoms. The summed E-state index contributed by atoms with van der Waals surface area (Å²) >= 11 is 0. The van der Waals surface area contributed by atoms with Gasteiger partial charge in [-0.1, -0.05) is 0 Å². The largest absolute Gasteiger partial charge is 0.322 e. The lowest BCUT2D eigenvalue weighted by atomic mass is 10.1. The zero-order valence-corrected chi connectivity index (χ0v) is 12.3. The van der Waals surface area contributed by atoms with Gasteiger partial charge >= 0.3 is 0 Å². The molecule has 2 aromatic rings. The molecule has 1 aliphatic heterocycles. The molecule has 0 aliphatic carbocycles. The fourth-order valence-corrected chi connectivity index (χ4v) is 2.92. The van der Waals surface area contributed by atoms with Gasteiger partial charge in [0, 0.05) is 6.20 Å². The lowest BCUT2D eigenvalue weighted by Gasteiger charge is -2.22. The number of likely N-dealkylation sites (tertiary alicyclic amines) is 1. The predicted molar refractivity (Wildman–Crippen MR) is 78.8 cm³/mol. The van der Waals surface area contributed by atoms with Crippen molar-refractivity contribution in [2.45, 2.75) is 32.7 Å². The average Bonchev–Trinajstić information content (AvgIpc) is 3.16. The minimum atomic E-state index is -0.00554. The Balaban J connectivity index is 1.64. The second-order valence-electron chi connectivity index (χ2n) is 5.50. The number of H-pyrrole nitrogens is 2. The minimum Gasteiger partial charge on any atom is -0.322 e. The molecule has 1 aliphatic rings. The maximum absolute atomic E-state index is 12.3. The number of amides is 1. The lowest BCUT2D eigenvalue weighted by molar-refractivity contribution is -0.117. The van der Waals surface area contributed by atoms with Crippen LogP contribution in [0.4, 0.5) is 5.69 Å². The summed E-state index contributed by atoms with van der Waals surface area (Å²) in [5.74, 6) is -0.00554. The van der Waals surface area contributed by atoms with Crippen LogP contribution in [0.1, 0.15) is 36.0 Å². The summed E-state index contributed by atoms with van der Waals surface area (Å²) < 4.78 is 0. The number of aromatic amines is 2. The summed E-state index contributed by atoms with van der Waals surface area (Å²) in [6.07, 6.45) is 3.91. The van der Waals surface area contributed by atoms with Gasteiger partial charge in [-0.3, -0.25) is 19.9 Å². The first-order chi connectivity index (χ1) is 10.1. The van der Waals surface area contributed by atoms with Gasteiger partial charge in [0.15, 0.2) is 0 Å². The molecule has 0 bridgehead atoms. The van der Waals surface area contributed by atoms with Crippen molar-refractivity contribution in [3.63, 3.8) is 0 Å². The van der Waals surface area contributed by atoms with E-state index in [1.54, 1.807) is 6.20 Å². The van der Waals surface area contributed by atoms with Crippen LogP contribution in [0.5, 0.6) is 0 Å². The van der Waals surface area contributed by atoms with Crippen LogP contribution in [0.2, 0.25) is 0 Å². The van der Waals surface area contributed by atoms with Crippen LogP contribution in [0.15, 0.2) is 12.3 Å². The van der Waals surface area contributed by atoms with Gasteiger partial charge in [0.1, 0.15) is 0 Å². The molecular formula is C14H20N6O. The molecule has 0 saturated carbocycles. The smallest absolute Gasteiger partial charge is 0.238 e. The van der Waals surface area contributed by atoms with Crippen LogP contribution in [0.25, 0.3) is 0 Å². The Morgan fingerprint density at radius 2 is 2.33 bits per heavy atom. The number of rotatable bonds is 4. The van der Waals surface area contributed by atoms with E-state index in [-0.39, 0.29) is 11.9 Å². The molecule has 112 valence electrons. The Morgan fingerprint density at radius 1 is 1.48 bits per heavy atom. The summed E-state index contributed by atoms with van der Waals surface area (Å²) in [7, 11) is 0. The zero-order valence-electron chi connectivity index (χ0n) is 12.3. The van der Waals surface area contributed by atoms with Crippen molar-refractivity contribution >= 4 is 11.6 Å². The number of nitrogens with one attached hydrogen (secondary N) is 3. The topological polar surface area (TPSA) is 89.7 Å². The van der Waals surface area contributed by atoms with Gasteiger partial charge < -0.3 is 5.32 Å². The normalized spacial score (nSPS) is 19.0. The maximum atomic E-state index is 12.3. The molecule has 3 N–H and O–H groups in total. The number of anilines is 1. The fraction of sp³-hybridized carbons (Fsp3) is 0.500. The summed E-state index contributed by atoms with van der Waals surface area (Å²) in [5, 5.41) is 16.9. The second kappa shape index (κ2) is 5.69. The number of nitrogens with zero attached hydrogens (tertiary/aromatic N) is 3. The molecule has 1 amide bonds. The Hall–Kier alpha value is -2.15. The van der Waals surface area contributed by atoms with Crippen LogP contribution in [-0.4, -0.2) is 44.3 Å². The number of aromatic nitrogens is 4. The Kier molecular flexibility index (Phi) is 3.74. The molecule has 3 heterocycles. The third kappa shape index (κ3) is 2.82. The van der Waals surface area contributed by atoms with Gasteiger partial charge in [-0.25, -0.2) is 0 Å². The van der Waals surface area contributed by atoms with E-state index in [1.165, 1.54) is 0 Å². The fourth-order valence-electron chi connectivity index (χ4n) is 2.92. The van der Waals surface area contributed by atoms with Gasteiger partial charge in [0.05, 0.1) is 35.4 Å². The number of hydrogen-bond acceptors (Lipinski definition) is 4. The van der Waals surface area contributed by atoms with Crippen molar-refractivity contribution in [2.75, 3.05) is 18.4 Å². The molecule has 0 spiro atoms. The van der Waals surface area contributed by atoms with E-state index in [9.17, 15) is 4.79 Å². The molecule has 1 saturated heterocycles. The molecule has 7 heteroatoms. The third-order valence-electron chi connectivity index (χ3n) is 3.98. The standard InChI is InChI=1S/C14H20N6O/c1-9-14(10(2)18-17-9)16-13(21)8-20-7-3-4-12(20)11-5-6-15-19-11/h5-6,12H,3-4,7-8H2,1-2H3,(H,15,19)(H,16,21)(H,17,18). The van der Waals surface area contributed by atoms with Gasteiger partial charge in [0.2, 0.25) is 5.91 Å². The molecule has 1 atom stereocenters. The van der Waals surface area contributed by atoms with Crippen molar-refractivity contribution in [3.8, 4) is 0 Å². The van der Waals surface area contributed by atoms with Gasteiger partial charge in [-0.2, -0.15) is 10.2 Å². The van der Waals surface area contributed by atoms with Gasteiger partial charge in [-0.05, 0) is 39.3 Å². The van der Waals surface area contributed by atoms with E-state index in [2.05, 4.69) is 30.6 Å². The van der Waals surface area contributed by atoms with Crippen LogP contribution < -0.4 is 5.32 Å². The maximum Gasteiger partial charge on any atom is 0.238 e. The molecule has 7 nitrogen and oxygen atoms in total. The molecule has 2 aromatic heterocycles. The Bertz CT molecular complexity index is 598. The molecule has 3 rings (SSSR count). The zero-order chi connectivity index (χ0) is 14.8. The monoisotopic (exact) mass is 288 g/mol.